The number of nitrogens with one attached hydrogen (secondary N) is 3. The summed E-state index contributed by atoms with van der Waals surface area (Å²) in [6.07, 6.45) is 4.70. The van der Waals surface area contributed by atoms with Crippen molar-refractivity contribution in [2.75, 3.05) is 29.2 Å². The largest absolute Gasteiger partial charge is 0.495 e. The number of benzene rings is 2. The summed E-state index contributed by atoms with van der Waals surface area (Å²) in [4.78, 5) is 22.7. The molecule has 2 amide bonds. The number of ether oxygens (including phenoxy) is 1. The Kier molecular flexibility index (Phi) is 5.15. The van der Waals surface area contributed by atoms with Crippen LogP contribution in [0.2, 0.25) is 0 Å². The summed E-state index contributed by atoms with van der Waals surface area (Å²) in [5.74, 6) is 0.628. The normalized spacial score (nSPS) is 12.6. The van der Waals surface area contributed by atoms with Crippen molar-refractivity contribution in [3.8, 4) is 5.75 Å². The van der Waals surface area contributed by atoms with Crippen LogP contribution in [0.5, 0.6) is 5.75 Å². The van der Waals surface area contributed by atoms with Crippen molar-refractivity contribution < 1.29 is 9.53 Å². The molecule has 7 nitrogen and oxygen atoms in total. The Morgan fingerprint density at radius 1 is 1.16 bits per heavy atom. The molecule has 0 fully saturated rings. The Morgan fingerprint density at radius 3 is 2.91 bits per heavy atom. The summed E-state index contributed by atoms with van der Waals surface area (Å²) in [6.45, 7) is 3.66. The summed E-state index contributed by atoms with van der Waals surface area (Å²) >= 11 is 0. The highest BCUT2D eigenvalue weighted by Crippen LogP contribution is 2.35. The van der Waals surface area contributed by atoms with Gasteiger partial charge in [0.2, 0.25) is 0 Å². The van der Waals surface area contributed by atoms with E-state index >= 15 is 0 Å². The summed E-state index contributed by atoms with van der Waals surface area (Å²) in [6, 6.07) is 15.5. The number of hydrogen-bond acceptors (Lipinski definition) is 4. The first-order valence-electron chi connectivity index (χ1n) is 10.6. The van der Waals surface area contributed by atoms with Crippen molar-refractivity contribution in [3.63, 3.8) is 0 Å². The zero-order valence-electron chi connectivity index (χ0n) is 18.1. The number of carbonyl (C=O) groups excluding carboxylic acids is 1. The van der Waals surface area contributed by atoms with E-state index in [2.05, 4.69) is 37.6 Å². The first-order chi connectivity index (χ1) is 15.6. The van der Waals surface area contributed by atoms with E-state index in [9.17, 15) is 4.79 Å². The van der Waals surface area contributed by atoms with Crippen LogP contribution in [0, 0.1) is 6.92 Å². The van der Waals surface area contributed by atoms with Crippen LogP contribution in [0.15, 0.2) is 60.9 Å². The van der Waals surface area contributed by atoms with E-state index in [1.165, 1.54) is 5.56 Å². The smallest absolute Gasteiger partial charge is 0.323 e. The zero-order valence-corrected chi connectivity index (χ0v) is 18.1. The lowest BCUT2D eigenvalue weighted by molar-refractivity contribution is 0.262. The van der Waals surface area contributed by atoms with E-state index in [0.717, 1.165) is 53.0 Å². The van der Waals surface area contributed by atoms with Gasteiger partial charge in [0.1, 0.15) is 11.4 Å². The standard InChI is InChI=1S/C25H25N5O2/c1-16-8-9-23(32-2)21(13-16)29-25(31)28-20-6-3-7-22-19(20)10-12-30(22)15-17-14-27-24-18(17)5-4-11-26-24/h3-9,11,13-14H,10,12,15H2,1-2H3,(H,26,27)(H2,28,29,31). The molecular formula is C25H25N5O2. The van der Waals surface area contributed by atoms with E-state index in [-0.39, 0.29) is 6.03 Å². The molecule has 1 aliphatic rings. The van der Waals surface area contributed by atoms with Gasteiger partial charge in [-0.2, -0.15) is 0 Å². The van der Waals surface area contributed by atoms with Gasteiger partial charge in [-0.15, -0.1) is 0 Å². The Morgan fingerprint density at radius 2 is 2.03 bits per heavy atom. The van der Waals surface area contributed by atoms with Gasteiger partial charge in [0.05, 0.1) is 12.8 Å². The van der Waals surface area contributed by atoms with Crippen molar-refractivity contribution in [3.05, 3.63) is 77.6 Å². The molecule has 7 heteroatoms. The number of fused-ring (bicyclic) bond motifs is 2. The number of urea groups is 1. The van der Waals surface area contributed by atoms with Crippen LogP contribution >= 0.6 is 0 Å². The first kappa shape index (κ1) is 19.9. The first-order valence-corrected chi connectivity index (χ1v) is 10.6. The fraction of sp³-hybridized carbons (Fsp3) is 0.200. The van der Waals surface area contributed by atoms with Crippen LogP contribution in [0.4, 0.5) is 21.9 Å². The Bertz CT molecular complexity index is 1300. The van der Waals surface area contributed by atoms with E-state index in [1.807, 2.05) is 49.5 Å². The van der Waals surface area contributed by atoms with Crippen LogP contribution < -0.4 is 20.3 Å². The van der Waals surface area contributed by atoms with Crippen LogP contribution in [-0.2, 0) is 13.0 Å². The number of methoxy groups -OCH3 is 1. The molecule has 162 valence electrons. The Balaban J connectivity index is 1.34. The molecule has 0 radical (unpaired) electrons. The highest BCUT2D eigenvalue weighted by Gasteiger charge is 2.23. The maximum Gasteiger partial charge on any atom is 0.323 e. The minimum atomic E-state index is -0.288. The monoisotopic (exact) mass is 427 g/mol. The van der Waals surface area contributed by atoms with E-state index < -0.39 is 0 Å². The van der Waals surface area contributed by atoms with E-state index in [4.69, 9.17) is 4.74 Å². The van der Waals surface area contributed by atoms with Gasteiger partial charge in [0, 0.05) is 47.8 Å². The molecule has 0 saturated heterocycles. The van der Waals surface area contributed by atoms with Gasteiger partial charge in [-0.05, 0) is 60.9 Å². The minimum absolute atomic E-state index is 0.288. The molecule has 32 heavy (non-hydrogen) atoms. The molecule has 0 unspecified atom stereocenters. The third-order valence-corrected chi connectivity index (χ3v) is 5.87. The average molecular weight is 428 g/mol. The second kappa shape index (κ2) is 8.26. The molecule has 0 atom stereocenters. The minimum Gasteiger partial charge on any atom is -0.495 e. The number of rotatable bonds is 5. The molecular weight excluding hydrogens is 402 g/mol. The van der Waals surface area contributed by atoms with Gasteiger partial charge in [0.25, 0.3) is 0 Å². The number of H-pyrrole nitrogens is 1. The predicted molar refractivity (Wildman–Crippen MR) is 128 cm³/mol. The number of nitrogens with zero attached hydrogens (tertiary/aromatic N) is 2. The number of carbonyl (C=O) groups is 1. The SMILES string of the molecule is COc1ccc(C)cc1NC(=O)Nc1cccc2c1CCN2Cc1c[nH]c2ncccc12. The molecule has 0 saturated carbocycles. The molecule has 0 spiro atoms. The highest BCUT2D eigenvalue weighted by atomic mass is 16.5. The molecule has 2 aromatic carbocycles. The van der Waals surface area contributed by atoms with Gasteiger partial charge in [-0.25, -0.2) is 9.78 Å². The van der Waals surface area contributed by atoms with Crippen LogP contribution in [0.25, 0.3) is 11.0 Å². The average Bonchev–Trinajstić information content (AvgIpc) is 3.39. The number of aromatic amines is 1. The topological polar surface area (TPSA) is 82.3 Å². The van der Waals surface area contributed by atoms with Gasteiger partial charge >= 0.3 is 6.03 Å². The van der Waals surface area contributed by atoms with Crippen molar-refractivity contribution in [2.24, 2.45) is 0 Å². The molecule has 3 N–H and O–H groups in total. The van der Waals surface area contributed by atoms with Crippen molar-refractivity contribution >= 4 is 34.1 Å². The van der Waals surface area contributed by atoms with Gasteiger partial charge in [-0.1, -0.05) is 12.1 Å². The van der Waals surface area contributed by atoms with Gasteiger partial charge in [-0.3, -0.25) is 0 Å². The lowest BCUT2D eigenvalue weighted by Crippen LogP contribution is -2.21. The maximum atomic E-state index is 12.7. The zero-order chi connectivity index (χ0) is 22.1. The second-order valence-electron chi connectivity index (χ2n) is 7.97. The summed E-state index contributed by atoms with van der Waals surface area (Å²) in [5, 5.41) is 7.07. The highest BCUT2D eigenvalue weighted by molar-refractivity contribution is 6.01. The fourth-order valence-corrected chi connectivity index (χ4v) is 4.33. The third kappa shape index (κ3) is 3.73. The van der Waals surface area contributed by atoms with Crippen molar-refractivity contribution in [1.29, 1.82) is 0 Å². The van der Waals surface area contributed by atoms with Crippen LogP contribution in [0.1, 0.15) is 16.7 Å². The van der Waals surface area contributed by atoms with Gasteiger partial charge in [0.15, 0.2) is 0 Å². The molecule has 2 aromatic heterocycles. The van der Waals surface area contributed by atoms with Gasteiger partial charge < -0.3 is 25.3 Å². The van der Waals surface area contributed by atoms with Crippen LogP contribution in [-0.4, -0.2) is 29.7 Å². The molecule has 4 aromatic rings. The predicted octanol–water partition coefficient (Wildman–Crippen LogP) is 5.09. The van der Waals surface area contributed by atoms with Crippen LogP contribution in [0.3, 0.4) is 0 Å². The number of pyridine rings is 1. The number of aryl methyl sites for hydroxylation is 1. The fourth-order valence-electron chi connectivity index (χ4n) is 4.33. The number of amides is 2. The van der Waals surface area contributed by atoms with E-state index in [0.29, 0.717) is 11.4 Å². The van der Waals surface area contributed by atoms with E-state index in [1.54, 1.807) is 13.3 Å². The lowest BCUT2D eigenvalue weighted by atomic mass is 10.1. The number of aromatic nitrogens is 2. The molecule has 5 rings (SSSR count). The summed E-state index contributed by atoms with van der Waals surface area (Å²) in [5.41, 5.74) is 6.93. The quantitative estimate of drug-likeness (QED) is 0.414. The summed E-state index contributed by atoms with van der Waals surface area (Å²) < 4.78 is 5.36. The van der Waals surface area contributed by atoms with Crippen molar-refractivity contribution in [1.82, 2.24) is 9.97 Å². The lowest BCUT2D eigenvalue weighted by Gasteiger charge is -2.20. The third-order valence-electron chi connectivity index (χ3n) is 5.87. The Hall–Kier alpha value is -4.00. The molecule has 0 aliphatic carbocycles. The summed E-state index contributed by atoms with van der Waals surface area (Å²) in [7, 11) is 1.59. The number of hydrogen-bond donors (Lipinski definition) is 3. The van der Waals surface area contributed by atoms with Crippen molar-refractivity contribution in [2.45, 2.75) is 19.9 Å². The molecule has 3 heterocycles. The molecule has 0 bridgehead atoms. The Labute approximate surface area is 186 Å². The molecule has 1 aliphatic heterocycles. The number of anilines is 3. The maximum absolute atomic E-state index is 12.7. The second-order valence-corrected chi connectivity index (χ2v) is 7.97.